The predicted octanol–water partition coefficient (Wildman–Crippen LogP) is 3.61. The Morgan fingerprint density at radius 1 is 1.20 bits per heavy atom. The smallest absolute Gasteiger partial charge is 0.135 e. The second-order valence-corrected chi connectivity index (χ2v) is 7.42. The number of anilines is 2. The van der Waals surface area contributed by atoms with Gasteiger partial charge >= 0.3 is 0 Å². The van der Waals surface area contributed by atoms with E-state index in [1.54, 1.807) is 18.5 Å². The van der Waals surface area contributed by atoms with Crippen molar-refractivity contribution in [2.75, 3.05) is 17.7 Å². The molecule has 5 rings (SSSR count). The Bertz CT molecular complexity index is 1280. The van der Waals surface area contributed by atoms with Crippen molar-refractivity contribution in [2.24, 2.45) is 7.05 Å². The zero-order valence-corrected chi connectivity index (χ0v) is 16.7. The van der Waals surface area contributed by atoms with Gasteiger partial charge < -0.3 is 15.8 Å². The van der Waals surface area contributed by atoms with Gasteiger partial charge in [-0.05, 0) is 31.2 Å². The van der Waals surface area contributed by atoms with Gasteiger partial charge in [0.1, 0.15) is 23.2 Å². The maximum absolute atomic E-state index is 14.5. The lowest BCUT2D eigenvalue weighted by Gasteiger charge is -2.14. The fraction of sp³-hybridized carbons (Fsp3) is 0.227. The van der Waals surface area contributed by atoms with Gasteiger partial charge in [0.05, 0.1) is 18.0 Å². The summed E-state index contributed by atoms with van der Waals surface area (Å²) in [6.45, 7) is 2.82. The third-order valence-electron chi connectivity index (χ3n) is 5.44. The summed E-state index contributed by atoms with van der Waals surface area (Å²) >= 11 is 0. The molecule has 4 heterocycles. The molecule has 1 aliphatic rings. The van der Waals surface area contributed by atoms with Crippen molar-refractivity contribution in [1.29, 1.82) is 0 Å². The second-order valence-electron chi connectivity index (χ2n) is 7.42. The molecule has 3 aromatic heterocycles. The van der Waals surface area contributed by atoms with E-state index in [4.69, 9.17) is 10.5 Å². The number of halogens is 1. The summed E-state index contributed by atoms with van der Waals surface area (Å²) in [6, 6.07) is 6.96. The molecule has 1 aliphatic heterocycles. The summed E-state index contributed by atoms with van der Waals surface area (Å²) in [5, 5.41) is 9.43. The quantitative estimate of drug-likeness (QED) is 0.540. The maximum atomic E-state index is 14.5. The number of nitrogens with zero attached hydrogens (tertiary/aromatic N) is 4. The number of ether oxygens (including phenoxy) is 1. The van der Waals surface area contributed by atoms with Crippen LogP contribution in [0.5, 0.6) is 5.75 Å². The van der Waals surface area contributed by atoms with Gasteiger partial charge in [0.15, 0.2) is 0 Å². The molecule has 3 N–H and O–H groups in total. The lowest BCUT2D eigenvalue weighted by atomic mass is 10.0. The van der Waals surface area contributed by atoms with Gasteiger partial charge in [-0.15, -0.1) is 0 Å². The molecule has 0 unspecified atom stereocenters. The summed E-state index contributed by atoms with van der Waals surface area (Å²) in [5.74, 6) is 1.54. The Balaban J connectivity index is 1.56. The van der Waals surface area contributed by atoms with E-state index in [1.807, 2.05) is 30.8 Å². The summed E-state index contributed by atoms with van der Waals surface area (Å²) < 4.78 is 21.9. The molecule has 0 atom stereocenters. The van der Waals surface area contributed by atoms with Crippen molar-refractivity contribution in [3.8, 4) is 17.0 Å². The molecule has 0 bridgehead atoms. The lowest BCUT2D eigenvalue weighted by molar-refractivity contribution is 0.356. The zero-order chi connectivity index (χ0) is 20.8. The van der Waals surface area contributed by atoms with Crippen molar-refractivity contribution in [3.05, 3.63) is 59.3 Å². The number of aryl methyl sites for hydroxylation is 2. The number of nitrogen functional groups attached to an aromatic ring is 1. The van der Waals surface area contributed by atoms with Crippen LogP contribution >= 0.6 is 0 Å². The third kappa shape index (κ3) is 3.01. The number of aromatic nitrogens is 4. The molecule has 8 heteroatoms. The largest absolute Gasteiger partial charge is 0.493 e. The van der Waals surface area contributed by atoms with Crippen LogP contribution < -0.4 is 15.8 Å². The number of pyridine rings is 2. The second kappa shape index (κ2) is 6.98. The van der Waals surface area contributed by atoms with Crippen LogP contribution in [0.2, 0.25) is 0 Å². The van der Waals surface area contributed by atoms with E-state index < -0.39 is 0 Å². The Morgan fingerprint density at radius 3 is 2.87 bits per heavy atom. The fourth-order valence-electron chi connectivity index (χ4n) is 4.04. The molecular formula is C22H21FN6O. The highest BCUT2D eigenvalue weighted by Gasteiger charge is 2.20. The van der Waals surface area contributed by atoms with Gasteiger partial charge in [0.25, 0.3) is 0 Å². The van der Waals surface area contributed by atoms with Crippen LogP contribution in [0.1, 0.15) is 16.8 Å². The highest BCUT2D eigenvalue weighted by atomic mass is 19.1. The standard InChI is InChI=1S/C22H21FN6O/c1-12-7-19(29(2)28-12)16-10-27-22(17-11-25-21(24)8-14(16)17)26-9-15-13-5-6-30-20(13)4-3-18(15)23/h3-4,7-8,10-11H,5-6,9H2,1-2H3,(H2,24,25)(H,26,27). The van der Waals surface area contributed by atoms with Crippen molar-refractivity contribution in [3.63, 3.8) is 0 Å². The number of hydrogen-bond donors (Lipinski definition) is 2. The normalized spacial score (nSPS) is 12.8. The van der Waals surface area contributed by atoms with Gasteiger partial charge in [0.2, 0.25) is 0 Å². The van der Waals surface area contributed by atoms with Crippen molar-refractivity contribution < 1.29 is 9.13 Å². The number of nitrogens with two attached hydrogens (primary N) is 1. The van der Waals surface area contributed by atoms with Crippen LogP contribution in [0.3, 0.4) is 0 Å². The van der Waals surface area contributed by atoms with E-state index in [0.29, 0.717) is 36.8 Å². The molecule has 0 radical (unpaired) electrons. The minimum absolute atomic E-state index is 0.250. The highest BCUT2D eigenvalue weighted by molar-refractivity contribution is 6.01. The first-order chi connectivity index (χ1) is 14.5. The molecule has 0 fully saturated rings. The topological polar surface area (TPSA) is 90.9 Å². The summed E-state index contributed by atoms with van der Waals surface area (Å²) in [5.41, 5.74) is 10.3. The van der Waals surface area contributed by atoms with E-state index in [9.17, 15) is 4.39 Å². The first kappa shape index (κ1) is 18.4. The number of benzene rings is 1. The molecule has 0 aliphatic carbocycles. The molecule has 30 heavy (non-hydrogen) atoms. The van der Waals surface area contributed by atoms with E-state index in [0.717, 1.165) is 39.0 Å². The van der Waals surface area contributed by atoms with E-state index in [-0.39, 0.29) is 5.82 Å². The number of rotatable bonds is 4. The Morgan fingerprint density at radius 2 is 2.07 bits per heavy atom. The van der Waals surface area contributed by atoms with Crippen molar-refractivity contribution >= 4 is 22.4 Å². The van der Waals surface area contributed by atoms with Crippen LogP contribution in [-0.2, 0) is 20.0 Å². The molecule has 4 aromatic rings. The van der Waals surface area contributed by atoms with E-state index >= 15 is 0 Å². The van der Waals surface area contributed by atoms with Crippen LogP contribution in [0.15, 0.2) is 36.7 Å². The minimum Gasteiger partial charge on any atom is -0.493 e. The number of fused-ring (bicyclic) bond motifs is 2. The van der Waals surface area contributed by atoms with Crippen LogP contribution in [0.25, 0.3) is 22.0 Å². The summed E-state index contributed by atoms with van der Waals surface area (Å²) in [7, 11) is 1.89. The van der Waals surface area contributed by atoms with Crippen LogP contribution in [-0.4, -0.2) is 26.4 Å². The van der Waals surface area contributed by atoms with Crippen molar-refractivity contribution in [2.45, 2.75) is 19.9 Å². The Labute approximate surface area is 172 Å². The monoisotopic (exact) mass is 404 g/mol. The lowest BCUT2D eigenvalue weighted by Crippen LogP contribution is -2.07. The first-order valence-electron chi connectivity index (χ1n) is 9.73. The molecule has 1 aromatic carbocycles. The van der Waals surface area contributed by atoms with Gasteiger partial charge in [-0.2, -0.15) is 5.10 Å². The number of hydrogen-bond acceptors (Lipinski definition) is 6. The molecule has 0 spiro atoms. The molecule has 0 saturated heterocycles. The first-order valence-corrected chi connectivity index (χ1v) is 9.73. The van der Waals surface area contributed by atoms with Crippen LogP contribution in [0.4, 0.5) is 16.0 Å². The molecule has 0 saturated carbocycles. The highest BCUT2D eigenvalue weighted by Crippen LogP contribution is 2.34. The average molecular weight is 404 g/mol. The maximum Gasteiger partial charge on any atom is 0.135 e. The van der Waals surface area contributed by atoms with Gasteiger partial charge in [-0.25, -0.2) is 14.4 Å². The summed E-state index contributed by atoms with van der Waals surface area (Å²) in [6.07, 6.45) is 4.19. The summed E-state index contributed by atoms with van der Waals surface area (Å²) in [4.78, 5) is 8.86. The van der Waals surface area contributed by atoms with Gasteiger partial charge in [0, 0.05) is 59.9 Å². The van der Waals surface area contributed by atoms with E-state index in [1.165, 1.54) is 6.07 Å². The minimum atomic E-state index is -0.250. The Kier molecular flexibility index (Phi) is 4.27. The molecule has 7 nitrogen and oxygen atoms in total. The zero-order valence-electron chi connectivity index (χ0n) is 16.7. The third-order valence-corrected chi connectivity index (χ3v) is 5.44. The average Bonchev–Trinajstić information content (AvgIpc) is 3.32. The van der Waals surface area contributed by atoms with Crippen LogP contribution in [0, 0.1) is 12.7 Å². The predicted molar refractivity (Wildman–Crippen MR) is 114 cm³/mol. The SMILES string of the molecule is Cc1cc(-c2cnc(NCc3c(F)ccc4c3CCO4)c3cnc(N)cc23)n(C)n1. The van der Waals surface area contributed by atoms with E-state index in [2.05, 4.69) is 20.4 Å². The number of nitrogens with one attached hydrogen (secondary N) is 1. The Hall–Kier alpha value is -3.68. The molecular weight excluding hydrogens is 383 g/mol. The van der Waals surface area contributed by atoms with Gasteiger partial charge in [-0.1, -0.05) is 0 Å². The molecule has 0 amide bonds. The fourth-order valence-corrected chi connectivity index (χ4v) is 4.04. The van der Waals surface area contributed by atoms with Crippen molar-refractivity contribution in [1.82, 2.24) is 19.7 Å². The van der Waals surface area contributed by atoms with Gasteiger partial charge in [-0.3, -0.25) is 4.68 Å². The molecule has 152 valence electrons.